The van der Waals surface area contributed by atoms with Gasteiger partial charge in [-0.15, -0.1) is 0 Å². The summed E-state index contributed by atoms with van der Waals surface area (Å²) in [7, 11) is 0. The highest BCUT2D eigenvalue weighted by Crippen LogP contribution is 2.06. The molecule has 0 aliphatic rings. The van der Waals surface area contributed by atoms with Gasteiger partial charge in [-0.25, -0.2) is 4.79 Å². The van der Waals surface area contributed by atoms with Crippen LogP contribution in [0.3, 0.4) is 0 Å². The molecule has 0 unspecified atom stereocenters. The molecule has 2 aromatic rings. The highest BCUT2D eigenvalue weighted by atomic mass is 16.2. The summed E-state index contributed by atoms with van der Waals surface area (Å²) < 4.78 is 4.70. The summed E-state index contributed by atoms with van der Waals surface area (Å²) in [4.78, 5) is 24.4. The van der Waals surface area contributed by atoms with Crippen molar-refractivity contribution in [3.8, 4) is 0 Å². The highest BCUT2D eigenvalue weighted by Gasteiger charge is 2.10. The van der Waals surface area contributed by atoms with Crippen LogP contribution in [0.2, 0.25) is 0 Å². The maximum absolute atomic E-state index is 12.4. The Kier molecular flexibility index (Phi) is 4.77. The van der Waals surface area contributed by atoms with E-state index in [0.717, 1.165) is 30.8 Å². The van der Waals surface area contributed by atoms with Crippen LogP contribution in [0.15, 0.2) is 27.9 Å². The summed E-state index contributed by atoms with van der Waals surface area (Å²) in [6, 6.07) is 3.41. The first-order valence-electron chi connectivity index (χ1n) is 7.46. The summed E-state index contributed by atoms with van der Waals surface area (Å²) in [5.41, 5.74) is 1.34. The molecule has 0 spiro atoms. The Labute approximate surface area is 123 Å². The van der Waals surface area contributed by atoms with Crippen LogP contribution >= 0.6 is 0 Å². The molecular weight excluding hydrogens is 268 g/mol. The fourth-order valence-electron chi connectivity index (χ4n) is 2.36. The number of aromatic nitrogens is 4. The van der Waals surface area contributed by atoms with Crippen molar-refractivity contribution < 1.29 is 0 Å². The molecule has 0 saturated heterocycles. The van der Waals surface area contributed by atoms with Crippen molar-refractivity contribution in [2.75, 3.05) is 0 Å². The van der Waals surface area contributed by atoms with Gasteiger partial charge in [-0.1, -0.05) is 13.8 Å². The lowest BCUT2D eigenvalue weighted by Gasteiger charge is -2.09. The molecule has 0 saturated carbocycles. The van der Waals surface area contributed by atoms with Crippen LogP contribution in [-0.2, 0) is 26.1 Å². The van der Waals surface area contributed by atoms with Crippen molar-refractivity contribution in [3.63, 3.8) is 0 Å². The Balaban J connectivity index is 2.44. The topological polar surface area (TPSA) is 61.8 Å². The zero-order valence-electron chi connectivity index (χ0n) is 12.9. The Hall–Kier alpha value is -2.11. The molecule has 0 aliphatic heterocycles. The van der Waals surface area contributed by atoms with E-state index in [1.807, 2.05) is 31.5 Å². The van der Waals surface area contributed by atoms with Gasteiger partial charge < -0.3 is 4.57 Å². The normalized spacial score (nSPS) is 11.0. The van der Waals surface area contributed by atoms with Crippen LogP contribution in [0.1, 0.15) is 38.6 Å². The third-order valence-corrected chi connectivity index (χ3v) is 3.50. The molecule has 6 heteroatoms. The van der Waals surface area contributed by atoms with Gasteiger partial charge in [0.1, 0.15) is 0 Å². The lowest BCUT2D eigenvalue weighted by Crippen LogP contribution is -2.39. The second kappa shape index (κ2) is 6.56. The van der Waals surface area contributed by atoms with Gasteiger partial charge in [-0.2, -0.15) is 5.10 Å². The standard InChI is InChI=1S/C15H22N4O2/c1-4-8-17-9-7-14(20)18(15(17)21)11-13-10-12(5-2)16-19(13)6-3/h7,9-10H,4-6,8,11H2,1-3H3. The van der Waals surface area contributed by atoms with E-state index in [0.29, 0.717) is 6.54 Å². The predicted octanol–water partition coefficient (Wildman–Crippen LogP) is 1.25. The molecule has 0 bridgehead atoms. The molecule has 0 aromatic carbocycles. The van der Waals surface area contributed by atoms with Crippen LogP contribution in [-0.4, -0.2) is 18.9 Å². The van der Waals surface area contributed by atoms with E-state index in [1.54, 1.807) is 10.8 Å². The summed E-state index contributed by atoms with van der Waals surface area (Å²) >= 11 is 0. The average Bonchev–Trinajstić information content (AvgIpc) is 2.89. The Bertz CT molecular complexity index is 724. The molecule has 2 heterocycles. The van der Waals surface area contributed by atoms with Crippen molar-refractivity contribution in [1.82, 2.24) is 18.9 Å². The van der Waals surface area contributed by atoms with Crippen molar-refractivity contribution >= 4 is 0 Å². The van der Waals surface area contributed by atoms with Crippen LogP contribution < -0.4 is 11.2 Å². The molecule has 0 aliphatic carbocycles. The average molecular weight is 290 g/mol. The van der Waals surface area contributed by atoms with E-state index in [9.17, 15) is 9.59 Å². The molecule has 0 N–H and O–H groups in total. The second-order valence-corrected chi connectivity index (χ2v) is 5.01. The minimum absolute atomic E-state index is 0.258. The molecule has 0 radical (unpaired) electrons. The predicted molar refractivity (Wildman–Crippen MR) is 81.6 cm³/mol. The zero-order valence-corrected chi connectivity index (χ0v) is 12.9. The molecule has 0 amide bonds. The fraction of sp³-hybridized carbons (Fsp3) is 0.533. The van der Waals surface area contributed by atoms with E-state index in [4.69, 9.17) is 0 Å². The largest absolute Gasteiger partial charge is 0.331 e. The SMILES string of the molecule is CCCn1ccc(=O)n(Cc2cc(CC)nn2CC)c1=O. The van der Waals surface area contributed by atoms with Crippen molar-refractivity contribution in [1.29, 1.82) is 0 Å². The van der Waals surface area contributed by atoms with Gasteiger partial charge in [0, 0.05) is 25.4 Å². The van der Waals surface area contributed by atoms with Gasteiger partial charge in [0.05, 0.1) is 17.9 Å². The van der Waals surface area contributed by atoms with E-state index < -0.39 is 0 Å². The van der Waals surface area contributed by atoms with E-state index >= 15 is 0 Å². The van der Waals surface area contributed by atoms with Crippen LogP contribution in [0.4, 0.5) is 0 Å². The van der Waals surface area contributed by atoms with Gasteiger partial charge in [0.15, 0.2) is 0 Å². The number of rotatable bonds is 6. The first kappa shape index (κ1) is 15.3. The number of nitrogens with zero attached hydrogens (tertiary/aromatic N) is 4. The van der Waals surface area contributed by atoms with E-state index in [-0.39, 0.29) is 17.8 Å². The van der Waals surface area contributed by atoms with E-state index in [2.05, 4.69) is 5.10 Å². The van der Waals surface area contributed by atoms with Gasteiger partial charge >= 0.3 is 5.69 Å². The Morgan fingerprint density at radius 1 is 1.19 bits per heavy atom. The summed E-state index contributed by atoms with van der Waals surface area (Å²) in [6.07, 6.45) is 3.26. The lowest BCUT2D eigenvalue weighted by molar-refractivity contribution is 0.541. The molecule has 0 fully saturated rings. The van der Waals surface area contributed by atoms with Crippen LogP contribution in [0.25, 0.3) is 0 Å². The number of aryl methyl sites for hydroxylation is 3. The molecule has 114 valence electrons. The Morgan fingerprint density at radius 3 is 2.57 bits per heavy atom. The third kappa shape index (κ3) is 3.15. The zero-order chi connectivity index (χ0) is 15.4. The minimum Gasteiger partial charge on any atom is -0.300 e. The molecule has 6 nitrogen and oxygen atoms in total. The third-order valence-electron chi connectivity index (χ3n) is 3.50. The van der Waals surface area contributed by atoms with Crippen LogP contribution in [0, 0.1) is 0 Å². The fourth-order valence-corrected chi connectivity index (χ4v) is 2.36. The minimum atomic E-state index is -0.269. The summed E-state index contributed by atoms with van der Waals surface area (Å²) in [5, 5.41) is 4.45. The number of hydrogen-bond donors (Lipinski definition) is 0. The van der Waals surface area contributed by atoms with Gasteiger partial charge in [0.2, 0.25) is 0 Å². The summed E-state index contributed by atoms with van der Waals surface area (Å²) in [5.74, 6) is 0. The van der Waals surface area contributed by atoms with E-state index in [1.165, 1.54) is 10.6 Å². The first-order valence-corrected chi connectivity index (χ1v) is 7.46. The van der Waals surface area contributed by atoms with Gasteiger partial charge in [-0.3, -0.25) is 14.0 Å². The smallest absolute Gasteiger partial charge is 0.300 e. The van der Waals surface area contributed by atoms with Gasteiger partial charge in [0.25, 0.3) is 5.56 Å². The maximum atomic E-state index is 12.4. The van der Waals surface area contributed by atoms with Crippen molar-refractivity contribution in [3.05, 3.63) is 50.6 Å². The van der Waals surface area contributed by atoms with Crippen molar-refractivity contribution in [2.45, 2.75) is 53.2 Å². The molecule has 0 atom stereocenters. The number of hydrogen-bond acceptors (Lipinski definition) is 3. The molecule has 2 aromatic heterocycles. The monoisotopic (exact) mass is 290 g/mol. The quantitative estimate of drug-likeness (QED) is 0.804. The maximum Gasteiger partial charge on any atom is 0.331 e. The lowest BCUT2D eigenvalue weighted by atomic mass is 10.3. The molecule has 21 heavy (non-hydrogen) atoms. The van der Waals surface area contributed by atoms with Crippen molar-refractivity contribution in [2.24, 2.45) is 0 Å². The summed E-state index contributed by atoms with van der Waals surface area (Å²) in [6.45, 7) is 7.64. The second-order valence-electron chi connectivity index (χ2n) is 5.01. The van der Waals surface area contributed by atoms with Crippen LogP contribution in [0.5, 0.6) is 0 Å². The first-order chi connectivity index (χ1) is 10.1. The Morgan fingerprint density at radius 2 is 1.95 bits per heavy atom. The highest BCUT2D eigenvalue weighted by molar-refractivity contribution is 5.11. The molecule has 2 rings (SSSR count). The molecular formula is C15H22N4O2. The van der Waals surface area contributed by atoms with Gasteiger partial charge in [-0.05, 0) is 25.8 Å².